The average Bonchev–Trinajstić information content (AvgIpc) is 2.94. The number of carboxylic acid groups (broad SMARTS) is 2. The maximum Gasteiger partial charge on any atom is 1.00 e. The first kappa shape index (κ1) is 50.7. The van der Waals surface area contributed by atoms with Gasteiger partial charge in [-0.3, -0.25) is 9.59 Å². The van der Waals surface area contributed by atoms with Gasteiger partial charge in [0.25, 0.3) is 0 Å². The third-order valence-electron chi connectivity index (χ3n) is 6.60. The largest absolute Gasteiger partial charge is 1.00 e. The fourth-order valence-electron chi connectivity index (χ4n) is 4.19. The summed E-state index contributed by atoms with van der Waals surface area (Å²) < 4.78 is 9.96. The summed E-state index contributed by atoms with van der Waals surface area (Å²) in [6.45, 7) is 4.49. The van der Waals surface area contributed by atoms with Gasteiger partial charge in [0.15, 0.2) is 0 Å². The van der Waals surface area contributed by atoms with E-state index < -0.39 is 23.9 Å². The Hall–Kier alpha value is -0.200. The Balaban J connectivity index is -0.000000348. The summed E-state index contributed by atoms with van der Waals surface area (Å²) >= 11 is 0. The van der Waals surface area contributed by atoms with E-state index >= 15 is 0 Å². The molecule has 0 fully saturated rings. The minimum absolute atomic E-state index is 0. The second kappa shape index (κ2) is 42.8. The van der Waals surface area contributed by atoms with E-state index in [2.05, 4.69) is 24.5 Å². The van der Waals surface area contributed by atoms with Gasteiger partial charge in [0, 0.05) is 13.1 Å². The SMILES string of the molecule is CCCCCCCCCCCCOC(=O)CNCC(=O)[O-].CCCCCCCCCCCCOC(=O)CNCC(=O)[O-].[Na+].[Na+]. The molecule has 0 heterocycles. The Morgan fingerprint density at radius 1 is 0.432 bits per heavy atom. The number of unbranched alkanes of at least 4 members (excludes halogenated alkanes) is 18. The molecule has 0 saturated carbocycles. The van der Waals surface area contributed by atoms with Gasteiger partial charge in [-0.05, 0) is 12.8 Å². The number of hydrogen-bond acceptors (Lipinski definition) is 10. The van der Waals surface area contributed by atoms with Crippen molar-refractivity contribution in [3.8, 4) is 0 Å². The molecular formula is C32H60N2Na2O8. The molecule has 0 unspecified atom stereocenters. The van der Waals surface area contributed by atoms with E-state index in [1.54, 1.807) is 0 Å². The van der Waals surface area contributed by atoms with Gasteiger partial charge in [-0.25, -0.2) is 0 Å². The minimum Gasteiger partial charge on any atom is -0.549 e. The van der Waals surface area contributed by atoms with Crippen LogP contribution in [0, 0.1) is 0 Å². The van der Waals surface area contributed by atoms with Crippen molar-refractivity contribution in [1.82, 2.24) is 10.6 Å². The molecule has 44 heavy (non-hydrogen) atoms. The first-order valence-corrected chi connectivity index (χ1v) is 16.5. The average molecular weight is 647 g/mol. The number of aliphatic carboxylic acids is 2. The first-order valence-electron chi connectivity index (χ1n) is 16.5. The summed E-state index contributed by atoms with van der Waals surface area (Å²) in [4.78, 5) is 42.6. The molecule has 0 aromatic heterocycles. The van der Waals surface area contributed by atoms with Gasteiger partial charge >= 0.3 is 71.1 Å². The van der Waals surface area contributed by atoms with Gasteiger partial charge in [-0.1, -0.05) is 129 Å². The third-order valence-corrected chi connectivity index (χ3v) is 6.60. The van der Waals surface area contributed by atoms with Crippen molar-refractivity contribution in [1.29, 1.82) is 0 Å². The van der Waals surface area contributed by atoms with Crippen molar-refractivity contribution in [2.75, 3.05) is 39.4 Å². The summed E-state index contributed by atoms with van der Waals surface area (Å²) in [5, 5.41) is 25.1. The number of carboxylic acids is 2. The van der Waals surface area contributed by atoms with Crippen molar-refractivity contribution >= 4 is 23.9 Å². The molecule has 0 aliphatic carbocycles. The van der Waals surface area contributed by atoms with Gasteiger partial charge in [-0.2, -0.15) is 0 Å². The van der Waals surface area contributed by atoms with Crippen LogP contribution in [0.3, 0.4) is 0 Å². The van der Waals surface area contributed by atoms with E-state index in [9.17, 15) is 29.4 Å². The van der Waals surface area contributed by atoms with E-state index in [4.69, 9.17) is 9.47 Å². The van der Waals surface area contributed by atoms with Crippen LogP contribution in [0.15, 0.2) is 0 Å². The van der Waals surface area contributed by atoms with Crippen LogP contribution < -0.4 is 80.0 Å². The molecule has 0 saturated heterocycles. The second-order valence-electron chi connectivity index (χ2n) is 10.8. The summed E-state index contributed by atoms with van der Waals surface area (Å²) in [6.07, 6.45) is 24.8. The molecule has 248 valence electrons. The van der Waals surface area contributed by atoms with Gasteiger partial charge < -0.3 is 39.9 Å². The predicted octanol–water partition coefficient (Wildman–Crippen LogP) is -2.41. The van der Waals surface area contributed by atoms with Crippen molar-refractivity contribution < 1.29 is 98.0 Å². The number of hydrogen-bond donors (Lipinski definition) is 2. The first-order chi connectivity index (χ1) is 20.3. The van der Waals surface area contributed by atoms with Crippen molar-refractivity contribution in [3.63, 3.8) is 0 Å². The predicted molar refractivity (Wildman–Crippen MR) is 161 cm³/mol. The smallest absolute Gasteiger partial charge is 0.549 e. The molecule has 0 amide bonds. The van der Waals surface area contributed by atoms with Crippen LogP contribution in [0.25, 0.3) is 0 Å². The summed E-state index contributed by atoms with van der Waals surface area (Å²) in [5.41, 5.74) is 0. The van der Waals surface area contributed by atoms with E-state index in [1.807, 2.05) is 0 Å². The van der Waals surface area contributed by atoms with E-state index in [0.717, 1.165) is 25.7 Å². The summed E-state index contributed by atoms with van der Waals surface area (Å²) in [7, 11) is 0. The Morgan fingerprint density at radius 3 is 0.932 bits per heavy atom. The Labute approximate surface area is 311 Å². The van der Waals surface area contributed by atoms with E-state index in [0.29, 0.717) is 13.2 Å². The Bertz CT molecular complexity index is 604. The fraction of sp³-hybridized carbons (Fsp3) is 0.875. The van der Waals surface area contributed by atoms with Gasteiger partial charge in [0.2, 0.25) is 0 Å². The molecule has 0 atom stereocenters. The summed E-state index contributed by atoms with van der Waals surface area (Å²) in [6, 6.07) is 0. The third kappa shape index (κ3) is 48.7. The molecular weight excluding hydrogens is 586 g/mol. The van der Waals surface area contributed by atoms with Gasteiger partial charge in [0.05, 0.1) is 38.2 Å². The number of ether oxygens (including phenoxy) is 2. The van der Waals surface area contributed by atoms with Gasteiger partial charge in [-0.15, -0.1) is 0 Å². The van der Waals surface area contributed by atoms with Gasteiger partial charge in [0.1, 0.15) is 0 Å². The van der Waals surface area contributed by atoms with Crippen LogP contribution >= 0.6 is 0 Å². The molecule has 0 spiro atoms. The normalized spacial score (nSPS) is 10.0. The van der Waals surface area contributed by atoms with E-state index in [-0.39, 0.29) is 85.3 Å². The van der Waals surface area contributed by atoms with Crippen LogP contribution in [0.1, 0.15) is 142 Å². The number of esters is 2. The number of carbonyl (C=O) groups is 4. The van der Waals surface area contributed by atoms with Crippen LogP contribution in [0.2, 0.25) is 0 Å². The standard InChI is InChI=1S/2C16H31NO4.2Na/c2*1-2-3-4-5-6-7-8-9-10-11-12-21-16(20)14-17-13-15(18)19;;/h2*17H,2-14H2,1H3,(H,18,19);;/q;;2*+1/p-2. The molecule has 0 aromatic carbocycles. The van der Waals surface area contributed by atoms with Crippen molar-refractivity contribution in [2.24, 2.45) is 0 Å². The Kier molecular flexibility index (Phi) is 49.3. The molecule has 0 rings (SSSR count). The maximum atomic E-state index is 11.2. The molecule has 0 aliphatic heterocycles. The molecule has 0 aliphatic rings. The number of nitrogens with one attached hydrogen (secondary N) is 2. The molecule has 2 N–H and O–H groups in total. The Morgan fingerprint density at radius 2 is 0.682 bits per heavy atom. The van der Waals surface area contributed by atoms with Crippen LogP contribution in [-0.4, -0.2) is 63.3 Å². The second-order valence-corrected chi connectivity index (χ2v) is 10.8. The van der Waals surface area contributed by atoms with E-state index in [1.165, 1.54) is 103 Å². The van der Waals surface area contributed by atoms with Crippen LogP contribution in [0.4, 0.5) is 0 Å². The molecule has 0 aromatic rings. The van der Waals surface area contributed by atoms with Crippen molar-refractivity contribution in [3.05, 3.63) is 0 Å². The quantitative estimate of drug-likeness (QED) is 0.0490. The summed E-state index contributed by atoms with van der Waals surface area (Å²) in [5.74, 6) is -3.27. The number of carbonyl (C=O) groups excluding carboxylic acids is 4. The zero-order valence-electron chi connectivity index (χ0n) is 28.7. The molecule has 0 radical (unpaired) electrons. The molecule has 12 heteroatoms. The number of rotatable bonds is 30. The molecule has 0 bridgehead atoms. The minimum atomic E-state index is -1.22. The molecule has 10 nitrogen and oxygen atoms in total. The zero-order valence-corrected chi connectivity index (χ0v) is 32.7. The van der Waals surface area contributed by atoms with Crippen LogP contribution in [-0.2, 0) is 28.7 Å². The fourth-order valence-corrected chi connectivity index (χ4v) is 4.19. The monoisotopic (exact) mass is 646 g/mol. The van der Waals surface area contributed by atoms with Crippen LogP contribution in [0.5, 0.6) is 0 Å². The topological polar surface area (TPSA) is 157 Å². The van der Waals surface area contributed by atoms with Crippen molar-refractivity contribution in [2.45, 2.75) is 142 Å². The zero-order chi connectivity index (χ0) is 31.5. The maximum absolute atomic E-state index is 11.2.